The normalized spacial score (nSPS) is 10.5. The minimum atomic E-state index is -0.223. The number of aryl methyl sites for hydroxylation is 2. The summed E-state index contributed by atoms with van der Waals surface area (Å²) < 4.78 is 16.1. The zero-order valence-electron chi connectivity index (χ0n) is 15.7. The van der Waals surface area contributed by atoms with Crippen molar-refractivity contribution < 1.29 is 18.7 Å². The fourth-order valence-corrected chi connectivity index (χ4v) is 2.74. The van der Waals surface area contributed by atoms with E-state index in [-0.39, 0.29) is 24.2 Å². The van der Waals surface area contributed by atoms with E-state index >= 15 is 0 Å². The SMILES string of the molecule is COc1ccc(-c2nnc(NC(=O)Cc3ccc(C)cc3C)o2)c(OC)c1. The van der Waals surface area contributed by atoms with E-state index in [9.17, 15) is 4.79 Å². The number of hydrogen-bond donors (Lipinski definition) is 1. The third-order valence-corrected chi connectivity index (χ3v) is 4.16. The average Bonchev–Trinajstić information content (AvgIpc) is 3.11. The van der Waals surface area contributed by atoms with Crippen molar-refractivity contribution in [3.05, 3.63) is 53.1 Å². The van der Waals surface area contributed by atoms with E-state index in [2.05, 4.69) is 15.5 Å². The predicted octanol–water partition coefficient (Wildman–Crippen LogP) is 3.55. The molecule has 0 unspecified atom stereocenters. The summed E-state index contributed by atoms with van der Waals surface area (Å²) in [6.07, 6.45) is 0.232. The van der Waals surface area contributed by atoms with E-state index in [4.69, 9.17) is 13.9 Å². The van der Waals surface area contributed by atoms with Crippen molar-refractivity contribution in [2.24, 2.45) is 0 Å². The molecule has 0 aliphatic heterocycles. The van der Waals surface area contributed by atoms with Crippen LogP contribution in [-0.2, 0) is 11.2 Å². The fraction of sp³-hybridized carbons (Fsp3) is 0.250. The quantitative estimate of drug-likeness (QED) is 0.717. The van der Waals surface area contributed by atoms with Crippen LogP contribution in [0.15, 0.2) is 40.8 Å². The number of amides is 1. The lowest BCUT2D eigenvalue weighted by Gasteiger charge is -2.07. The highest BCUT2D eigenvalue weighted by Crippen LogP contribution is 2.33. The molecule has 0 bridgehead atoms. The predicted molar refractivity (Wildman–Crippen MR) is 101 cm³/mol. The first kappa shape index (κ1) is 18.4. The van der Waals surface area contributed by atoms with Crippen molar-refractivity contribution in [1.82, 2.24) is 10.2 Å². The number of nitrogens with zero attached hydrogens (tertiary/aromatic N) is 2. The Morgan fingerprint density at radius 3 is 2.59 bits per heavy atom. The van der Waals surface area contributed by atoms with Crippen LogP contribution in [0.2, 0.25) is 0 Å². The van der Waals surface area contributed by atoms with Gasteiger partial charge >= 0.3 is 6.01 Å². The van der Waals surface area contributed by atoms with Crippen LogP contribution in [0.5, 0.6) is 11.5 Å². The average molecular weight is 367 g/mol. The number of ether oxygens (including phenoxy) is 2. The molecule has 0 aliphatic rings. The van der Waals surface area contributed by atoms with Crippen LogP contribution in [0.4, 0.5) is 6.01 Å². The van der Waals surface area contributed by atoms with Crippen molar-refractivity contribution in [2.45, 2.75) is 20.3 Å². The molecule has 7 nitrogen and oxygen atoms in total. The molecule has 3 rings (SSSR count). The summed E-state index contributed by atoms with van der Waals surface area (Å²) in [7, 11) is 3.12. The number of hydrogen-bond acceptors (Lipinski definition) is 6. The molecule has 0 radical (unpaired) electrons. The Labute approximate surface area is 157 Å². The molecule has 27 heavy (non-hydrogen) atoms. The number of carbonyl (C=O) groups is 1. The highest BCUT2D eigenvalue weighted by molar-refractivity contribution is 5.90. The first-order chi connectivity index (χ1) is 13.0. The van der Waals surface area contributed by atoms with E-state index in [1.165, 1.54) is 0 Å². The third kappa shape index (κ3) is 4.25. The molecule has 3 aromatic rings. The van der Waals surface area contributed by atoms with Gasteiger partial charge in [-0.1, -0.05) is 28.9 Å². The van der Waals surface area contributed by atoms with E-state index in [0.717, 1.165) is 16.7 Å². The first-order valence-electron chi connectivity index (χ1n) is 8.42. The van der Waals surface area contributed by atoms with Crippen LogP contribution < -0.4 is 14.8 Å². The maximum atomic E-state index is 12.3. The summed E-state index contributed by atoms with van der Waals surface area (Å²) in [5, 5.41) is 10.5. The summed E-state index contributed by atoms with van der Waals surface area (Å²) in [6.45, 7) is 4.00. The van der Waals surface area contributed by atoms with Gasteiger partial charge in [0.05, 0.1) is 26.2 Å². The van der Waals surface area contributed by atoms with Gasteiger partial charge in [-0.15, -0.1) is 5.10 Å². The Morgan fingerprint density at radius 1 is 1.07 bits per heavy atom. The summed E-state index contributed by atoms with van der Waals surface area (Å²) in [5.41, 5.74) is 3.79. The Balaban J connectivity index is 1.73. The summed E-state index contributed by atoms with van der Waals surface area (Å²) >= 11 is 0. The van der Waals surface area contributed by atoms with E-state index in [1.54, 1.807) is 32.4 Å². The molecule has 0 saturated heterocycles. The Morgan fingerprint density at radius 2 is 1.89 bits per heavy atom. The maximum absolute atomic E-state index is 12.3. The maximum Gasteiger partial charge on any atom is 0.322 e. The van der Waals surface area contributed by atoms with Gasteiger partial charge < -0.3 is 13.9 Å². The first-order valence-corrected chi connectivity index (χ1v) is 8.42. The number of benzene rings is 2. The number of anilines is 1. The molecular formula is C20H21N3O4. The van der Waals surface area contributed by atoms with Crippen molar-refractivity contribution in [1.29, 1.82) is 0 Å². The molecule has 2 aromatic carbocycles. The van der Waals surface area contributed by atoms with Crippen molar-refractivity contribution in [3.63, 3.8) is 0 Å². The van der Waals surface area contributed by atoms with Gasteiger partial charge in [0.25, 0.3) is 5.89 Å². The lowest BCUT2D eigenvalue weighted by molar-refractivity contribution is -0.115. The number of carbonyl (C=O) groups excluding carboxylic acids is 1. The summed E-state index contributed by atoms with van der Waals surface area (Å²) in [6, 6.07) is 11.3. The highest BCUT2D eigenvalue weighted by Gasteiger charge is 2.16. The van der Waals surface area contributed by atoms with Crippen LogP contribution in [0, 0.1) is 13.8 Å². The zero-order chi connectivity index (χ0) is 19.4. The summed E-state index contributed by atoms with van der Waals surface area (Å²) in [5.74, 6) is 1.21. The molecule has 1 N–H and O–H groups in total. The van der Waals surface area contributed by atoms with Crippen LogP contribution in [0.25, 0.3) is 11.5 Å². The van der Waals surface area contributed by atoms with E-state index < -0.39 is 0 Å². The Bertz CT molecular complexity index is 966. The smallest absolute Gasteiger partial charge is 0.322 e. The number of rotatable bonds is 6. The standard InChI is InChI=1S/C20H21N3O4/c1-12-5-6-14(13(2)9-12)10-18(24)21-20-23-22-19(27-20)16-8-7-15(25-3)11-17(16)26-4/h5-9,11H,10H2,1-4H3,(H,21,23,24). The van der Waals surface area contributed by atoms with E-state index in [0.29, 0.717) is 17.1 Å². The number of methoxy groups -OCH3 is 2. The molecule has 0 fully saturated rings. The van der Waals surface area contributed by atoms with Gasteiger partial charge in [-0.25, -0.2) is 0 Å². The Kier molecular flexibility index (Phi) is 5.40. The monoisotopic (exact) mass is 367 g/mol. The van der Waals surface area contributed by atoms with Crippen LogP contribution in [0.1, 0.15) is 16.7 Å². The number of nitrogens with one attached hydrogen (secondary N) is 1. The Hall–Kier alpha value is -3.35. The molecular weight excluding hydrogens is 346 g/mol. The lowest BCUT2D eigenvalue weighted by Crippen LogP contribution is -2.15. The second kappa shape index (κ2) is 7.90. The minimum absolute atomic E-state index is 0.0395. The molecule has 0 spiro atoms. The second-order valence-electron chi connectivity index (χ2n) is 6.13. The summed E-state index contributed by atoms with van der Waals surface area (Å²) in [4.78, 5) is 12.3. The minimum Gasteiger partial charge on any atom is -0.497 e. The lowest BCUT2D eigenvalue weighted by atomic mass is 10.0. The molecule has 140 valence electrons. The van der Waals surface area contributed by atoms with Crippen LogP contribution in [0.3, 0.4) is 0 Å². The van der Waals surface area contributed by atoms with Gasteiger partial charge in [0.15, 0.2) is 0 Å². The van der Waals surface area contributed by atoms with Crippen molar-refractivity contribution in [2.75, 3.05) is 19.5 Å². The fourth-order valence-electron chi connectivity index (χ4n) is 2.74. The van der Waals surface area contributed by atoms with Gasteiger partial charge in [-0.05, 0) is 37.1 Å². The highest BCUT2D eigenvalue weighted by atomic mass is 16.5. The largest absolute Gasteiger partial charge is 0.497 e. The molecule has 1 amide bonds. The molecule has 7 heteroatoms. The molecule has 1 heterocycles. The van der Waals surface area contributed by atoms with Gasteiger partial charge in [0, 0.05) is 6.07 Å². The van der Waals surface area contributed by atoms with Crippen LogP contribution in [-0.4, -0.2) is 30.3 Å². The number of aromatic nitrogens is 2. The van der Waals surface area contributed by atoms with Gasteiger partial charge in [-0.2, -0.15) is 0 Å². The molecule has 0 aliphatic carbocycles. The van der Waals surface area contributed by atoms with Crippen molar-refractivity contribution in [3.8, 4) is 23.0 Å². The molecule has 1 aromatic heterocycles. The second-order valence-corrected chi connectivity index (χ2v) is 6.13. The third-order valence-electron chi connectivity index (χ3n) is 4.16. The van der Waals surface area contributed by atoms with Gasteiger partial charge in [-0.3, -0.25) is 10.1 Å². The molecule has 0 atom stereocenters. The topological polar surface area (TPSA) is 86.5 Å². The van der Waals surface area contributed by atoms with Gasteiger partial charge in [0.2, 0.25) is 5.91 Å². The van der Waals surface area contributed by atoms with Crippen LogP contribution >= 0.6 is 0 Å². The van der Waals surface area contributed by atoms with E-state index in [1.807, 2.05) is 32.0 Å². The van der Waals surface area contributed by atoms with Gasteiger partial charge in [0.1, 0.15) is 11.5 Å². The van der Waals surface area contributed by atoms with Crippen molar-refractivity contribution >= 4 is 11.9 Å². The zero-order valence-corrected chi connectivity index (χ0v) is 15.7. The molecule has 0 saturated carbocycles.